The first-order valence-corrected chi connectivity index (χ1v) is 9.48. The molecule has 0 aromatic carbocycles. The number of carbonyl (C=O) groups excluding carboxylic acids is 1. The van der Waals surface area contributed by atoms with Crippen molar-refractivity contribution in [2.75, 3.05) is 46.7 Å². The van der Waals surface area contributed by atoms with Crippen molar-refractivity contribution in [1.82, 2.24) is 14.1 Å². The van der Waals surface area contributed by atoms with Crippen molar-refractivity contribution in [3.05, 3.63) is 10.8 Å². The maximum Gasteiger partial charge on any atom is 0.271 e. The van der Waals surface area contributed by atoms with Gasteiger partial charge in [-0.25, -0.2) is 12.7 Å². The number of halogens is 1. The predicted octanol–water partition coefficient (Wildman–Crippen LogP) is 0.599. The molecule has 0 aliphatic heterocycles. The monoisotopic (exact) mass is 397 g/mol. The molecule has 1 heterocycles. The second kappa shape index (κ2) is 10.1. The zero-order valence-corrected chi connectivity index (χ0v) is 16.4. The number of methoxy groups -OCH3 is 1. The van der Waals surface area contributed by atoms with Gasteiger partial charge in [-0.15, -0.1) is 0 Å². The van der Waals surface area contributed by atoms with Crippen LogP contribution in [0.1, 0.15) is 12.6 Å². The number of sulfonamides is 1. The fourth-order valence-corrected chi connectivity index (χ4v) is 4.20. The summed E-state index contributed by atoms with van der Waals surface area (Å²) in [6.07, 6.45) is 0. The molecule has 0 bridgehead atoms. The molecule has 0 saturated heterocycles. The van der Waals surface area contributed by atoms with Crippen molar-refractivity contribution in [2.24, 2.45) is 7.05 Å². The Balaban J connectivity index is 2.69. The summed E-state index contributed by atoms with van der Waals surface area (Å²) in [6, 6.07) is 0. The van der Waals surface area contributed by atoms with Gasteiger partial charge in [-0.05, 0) is 13.8 Å². The molecule has 0 aliphatic rings. The van der Waals surface area contributed by atoms with E-state index in [9.17, 15) is 13.2 Å². The normalized spacial score (nSPS) is 11.7. The molecule has 144 valence electrons. The largest absolute Gasteiger partial charge is 0.382 e. The van der Waals surface area contributed by atoms with Gasteiger partial charge in [-0.1, -0.05) is 11.6 Å². The Morgan fingerprint density at radius 1 is 1.24 bits per heavy atom. The Kier molecular flexibility index (Phi) is 8.80. The van der Waals surface area contributed by atoms with Gasteiger partial charge in [-0.2, -0.15) is 5.10 Å². The lowest BCUT2D eigenvalue weighted by Gasteiger charge is -2.20. The van der Waals surface area contributed by atoms with Gasteiger partial charge in [0.1, 0.15) is 16.7 Å². The Morgan fingerprint density at radius 3 is 2.36 bits per heavy atom. The number of hydrogen-bond acceptors (Lipinski definition) is 7. The topological polar surface area (TPSA) is 100.0 Å². The molecule has 1 aromatic rings. The number of nitrogens with zero attached hydrogens (tertiary/aromatic N) is 3. The lowest BCUT2D eigenvalue weighted by atomic mass is 10.5. The third kappa shape index (κ3) is 5.65. The van der Waals surface area contributed by atoms with Crippen molar-refractivity contribution < 1.29 is 27.4 Å². The molecular weight excluding hydrogens is 374 g/mol. The van der Waals surface area contributed by atoms with Crippen LogP contribution in [-0.2, 0) is 36.1 Å². The standard InChI is InChI=1S/C14H24ClN3O6S/c1-5-18(12(19)10-24-9-8-23-7-6-22-4)25(20,21)13-11(2)16-17(3)14(13)15/h5-10H2,1-4H3. The molecule has 0 N–H and O–H groups in total. The summed E-state index contributed by atoms with van der Waals surface area (Å²) >= 11 is 6.02. The van der Waals surface area contributed by atoms with E-state index in [0.29, 0.717) is 13.2 Å². The molecule has 11 heteroatoms. The van der Waals surface area contributed by atoms with E-state index in [-0.39, 0.29) is 42.1 Å². The van der Waals surface area contributed by atoms with Gasteiger partial charge >= 0.3 is 0 Å². The number of ether oxygens (including phenoxy) is 3. The number of aryl methyl sites for hydroxylation is 2. The van der Waals surface area contributed by atoms with E-state index in [4.69, 9.17) is 25.8 Å². The highest BCUT2D eigenvalue weighted by atomic mass is 35.5. The molecule has 1 aromatic heterocycles. The van der Waals surface area contributed by atoms with Crippen LogP contribution < -0.4 is 0 Å². The fourth-order valence-electron chi connectivity index (χ4n) is 2.09. The summed E-state index contributed by atoms with van der Waals surface area (Å²) in [4.78, 5) is 12.1. The minimum atomic E-state index is -4.10. The highest BCUT2D eigenvalue weighted by Gasteiger charge is 2.33. The van der Waals surface area contributed by atoms with E-state index in [1.807, 2.05) is 0 Å². The van der Waals surface area contributed by atoms with Gasteiger partial charge in [-0.3, -0.25) is 9.48 Å². The Hall–Kier alpha value is -1.20. The molecule has 0 aliphatic carbocycles. The first kappa shape index (κ1) is 21.8. The maximum absolute atomic E-state index is 12.7. The number of aromatic nitrogens is 2. The smallest absolute Gasteiger partial charge is 0.271 e. The Morgan fingerprint density at radius 2 is 1.84 bits per heavy atom. The molecule has 0 atom stereocenters. The van der Waals surface area contributed by atoms with Crippen LogP contribution in [0.4, 0.5) is 0 Å². The molecule has 0 radical (unpaired) electrons. The van der Waals surface area contributed by atoms with Crippen molar-refractivity contribution in [2.45, 2.75) is 18.7 Å². The minimum absolute atomic E-state index is 0.0421. The average Bonchev–Trinajstić information content (AvgIpc) is 2.79. The second-order valence-electron chi connectivity index (χ2n) is 5.05. The van der Waals surface area contributed by atoms with Crippen LogP contribution >= 0.6 is 11.6 Å². The van der Waals surface area contributed by atoms with E-state index in [1.165, 1.54) is 18.7 Å². The van der Waals surface area contributed by atoms with E-state index in [0.717, 1.165) is 4.31 Å². The van der Waals surface area contributed by atoms with Crippen LogP contribution in [0.2, 0.25) is 5.15 Å². The number of amides is 1. The van der Waals surface area contributed by atoms with Crippen LogP contribution in [0, 0.1) is 6.92 Å². The molecule has 1 rings (SSSR count). The average molecular weight is 398 g/mol. The summed E-state index contributed by atoms with van der Waals surface area (Å²) in [5.74, 6) is -0.682. The van der Waals surface area contributed by atoms with E-state index < -0.39 is 15.9 Å². The van der Waals surface area contributed by atoms with Crippen LogP contribution in [0.3, 0.4) is 0 Å². The molecular formula is C14H24ClN3O6S. The van der Waals surface area contributed by atoms with E-state index >= 15 is 0 Å². The first-order chi connectivity index (χ1) is 11.8. The van der Waals surface area contributed by atoms with Crippen molar-refractivity contribution in [1.29, 1.82) is 0 Å². The van der Waals surface area contributed by atoms with Crippen LogP contribution in [-0.4, -0.2) is 75.1 Å². The van der Waals surface area contributed by atoms with Crippen molar-refractivity contribution in [3.63, 3.8) is 0 Å². The number of rotatable bonds is 11. The molecule has 0 fully saturated rings. The highest BCUT2D eigenvalue weighted by Crippen LogP contribution is 2.27. The SMILES string of the molecule is CCN(C(=O)COCCOCCOC)S(=O)(=O)c1c(C)nn(C)c1Cl. The van der Waals surface area contributed by atoms with Gasteiger partial charge in [0.15, 0.2) is 0 Å². The predicted molar refractivity (Wildman–Crippen MR) is 91.0 cm³/mol. The lowest BCUT2D eigenvalue weighted by molar-refractivity contribution is -0.131. The Bertz CT molecular complexity index is 676. The highest BCUT2D eigenvalue weighted by molar-refractivity contribution is 7.89. The van der Waals surface area contributed by atoms with Crippen LogP contribution in [0.15, 0.2) is 4.90 Å². The second-order valence-corrected chi connectivity index (χ2v) is 7.21. The van der Waals surface area contributed by atoms with Gasteiger partial charge < -0.3 is 14.2 Å². The molecule has 25 heavy (non-hydrogen) atoms. The summed E-state index contributed by atoms with van der Waals surface area (Å²) in [6.45, 7) is 3.99. The van der Waals surface area contributed by atoms with Crippen LogP contribution in [0.25, 0.3) is 0 Å². The zero-order valence-electron chi connectivity index (χ0n) is 14.8. The summed E-state index contributed by atoms with van der Waals surface area (Å²) < 4.78 is 42.7. The molecule has 0 spiro atoms. The maximum atomic E-state index is 12.7. The van der Waals surface area contributed by atoms with Gasteiger partial charge in [0.25, 0.3) is 15.9 Å². The molecule has 0 saturated carbocycles. The number of likely N-dealkylation sites (N-methyl/N-ethyl adjacent to an activating group) is 1. The number of carbonyl (C=O) groups is 1. The third-order valence-corrected chi connectivity index (χ3v) is 5.84. The Labute approximate surface area is 152 Å². The van der Waals surface area contributed by atoms with E-state index in [1.54, 1.807) is 14.0 Å². The summed E-state index contributed by atoms with van der Waals surface area (Å²) in [7, 11) is -1.01. The third-order valence-electron chi connectivity index (χ3n) is 3.24. The van der Waals surface area contributed by atoms with Gasteiger partial charge in [0, 0.05) is 20.7 Å². The first-order valence-electron chi connectivity index (χ1n) is 7.66. The number of hydrogen-bond donors (Lipinski definition) is 0. The van der Waals surface area contributed by atoms with E-state index in [2.05, 4.69) is 5.10 Å². The van der Waals surface area contributed by atoms with Crippen LogP contribution in [0.5, 0.6) is 0 Å². The molecule has 0 unspecified atom stereocenters. The van der Waals surface area contributed by atoms with Crippen molar-refractivity contribution in [3.8, 4) is 0 Å². The van der Waals surface area contributed by atoms with Gasteiger partial charge in [0.05, 0.1) is 32.1 Å². The van der Waals surface area contributed by atoms with Gasteiger partial charge in [0.2, 0.25) is 0 Å². The van der Waals surface area contributed by atoms with Crippen molar-refractivity contribution >= 4 is 27.5 Å². The quantitative estimate of drug-likeness (QED) is 0.504. The zero-order chi connectivity index (χ0) is 19.0. The lowest BCUT2D eigenvalue weighted by Crippen LogP contribution is -2.39. The summed E-state index contributed by atoms with van der Waals surface area (Å²) in [5, 5.41) is 3.93. The minimum Gasteiger partial charge on any atom is -0.382 e. The fraction of sp³-hybridized carbons (Fsp3) is 0.714. The molecule has 1 amide bonds. The summed E-state index contributed by atoms with van der Waals surface area (Å²) in [5.41, 5.74) is 0.228. The molecule has 9 nitrogen and oxygen atoms in total.